The smallest absolute Gasteiger partial charge is 0.270 e. The standard InChI is InChI=1S/C16H22N6O2S/c1-2-14-19-20-16(25-14)18-13(23)5-7-21-8-10-22(11-9-21)15(24)12-4-3-6-17-12/h3-4,6,17H,2,5,7-11H2,1H3,(H,18,20,23). The van der Waals surface area contributed by atoms with Crippen LogP contribution in [-0.4, -0.2) is 69.5 Å². The maximum Gasteiger partial charge on any atom is 0.270 e. The molecule has 9 heteroatoms. The van der Waals surface area contributed by atoms with Crippen molar-refractivity contribution in [3.8, 4) is 0 Å². The fraction of sp³-hybridized carbons (Fsp3) is 0.500. The van der Waals surface area contributed by atoms with Crippen LogP contribution in [0.3, 0.4) is 0 Å². The van der Waals surface area contributed by atoms with Crippen LogP contribution >= 0.6 is 11.3 Å². The van der Waals surface area contributed by atoms with Crippen molar-refractivity contribution in [2.75, 3.05) is 38.0 Å². The van der Waals surface area contributed by atoms with Gasteiger partial charge in [0, 0.05) is 45.3 Å². The molecule has 2 amide bonds. The molecule has 0 spiro atoms. The summed E-state index contributed by atoms with van der Waals surface area (Å²) in [5.74, 6) is -0.0194. The van der Waals surface area contributed by atoms with Crippen molar-refractivity contribution in [1.82, 2.24) is 25.0 Å². The first-order chi connectivity index (χ1) is 12.2. The molecule has 0 aromatic carbocycles. The highest BCUT2D eigenvalue weighted by Crippen LogP contribution is 2.15. The molecule has 1 saturated heterocycles. The Bertz CT molecular complexity index is 706. The maximum atomic E-state index is 12.3. The van der Waals surface area contributed by atoms with E-state index in [0.29, 0.717) is 36.9 Å². The summed E-state index contributed by atoms with van der Waals surface area (Å²) < 4.78 is 0. The Kier molecular flexibility index (Phi) is 5.77. The minimum atomic E-state index is -0.0521. The van der Waals surface area contributed by atoms with Crippen molar-refractivity contribution < 1.29 is 9.59 Å². The zero-order valence-corrected chi connectivity index (χ0v) is 15.0. The van der Waals surface area contributed by atoms with Crippen LogP contribution in [0.1, 0.15) is 28.8 Å². The van der Waals surface area contributed by atoms with Crippen molar-refractivity contribution >= 4 is 28.3 Å². The van der Waals surface area contributed by atoms with E-state index in [2.05, 4.69) is 25.4 Å². The maximum absolute atomic E-state index is 12.3. The van der Waals surface area contributed by atoms with Gasteiger partial charge in [-0.1, -0.05) is 18.3 Å². The van der Waals surface area contributed by atoms with E-state index in [-0.39, 0.29) is 11.8 Å². The predicted octanol–water partition coefficient (Wildman–Crippen LogP) is 1.22. The monoisotopic (exact) mass is 362 g/mol. The van der Waals surface area contributed by atoms with Gasteiger partial charge in [0.25, 0.3) is 5.91 Å². The Morgan fingerprint density at radius 2 is 2.08 bits per heavy atom. The normalized spacial score (nSPS) is 15.3. The second-order valence-corrected chi connectivity index (χ2v) is 6.93. The second-order valence-electron chi connectivity index (χ2n) is 5.87. The molecule has 8 nitrogen and oxygen atoms in total. The summed E-state index contributed by atoms with van der Waals surface area (Å²) in [5.41, 5.74) is 0.622. The molecule has 0 saturated carbocycles. The molecule has 0 radical (unpaired) electrons. The quantitative estimate of drug-likeness (QED) is 0.806. The molecule has 1 fully saturated rings. The molecule has 2 aromatic rings. The third-order valence-corrected chi connectivity index (χ3v) is 5.14. The van der Waals surface area contributed by atoms with Crippen LogP contribution in [0.15, 0.2) is 18.3 Å². The molecule has 0 atom stereocenters. The largest absolute Gasteiger partial charge is 0.357 e. The number of carbonyl (C=O) groups is 2. The highest BCUT2D eigenvalue weighted by Gasteiger charge is 2.22. The van der Waals surface area contributed by atoms with Crippen LogP contribution in [-0.2, 0) is 11.2 Å². The Labute approximate surface area is 150 Å². The highest BCUT2D eigenvalue weighted by atomic mass is 32.1. The van der Waals surface area contributed by atoms with E-state index in [1.54, 1.807) is 12.3 Å². The lowest BCUT2D eigenvalue weighted by Crippen LogP contribution is -2.49. The van der Waals surface area contributed by atoms with Crippen molar-refractivity contribution in [2.24, 2.45) is 0 Å². The van der Waals surface area contributed by atoms with E-state index in [9.17, 15) is 9.59 Å². The van der Waals surface area contributed by atoms with Crippen LogP contribution in [0, 0.1) is 0 Å². The van der Waals surface area contributed by atoms with Gasteiger partial charge in [0.1, 0.15) is 10.7 Å². The van der Waals surface area contributed by atoms with Gasteiger partial charge in [-0.25, -0.2) is 0 Å². The van der Waals surface area contributed by atoms with E-state index >= 15 is 0 Å². The van der Waals surface area contributed by atoms with Crippen LogP contribution in [0.2, 0.25) is 0 Å². The number of piperazine rings is 1. The summed E-state index contributed by atoms with van der Waals surface area (Å²) in [5, 5.41) is 12.2. The molecule has 1 aliphatic rings. The van der Waals surface area contributed by atoms with Crippen molar-refractivity contribution in [2.45, 2.75) is 19.8 Å². The van der Waals surface area contributed by atoms with Gasteiger partial charge in [-0.3, -0.25) is 14.5 Å². The summed E-state index contributed by atoms with van der Waals surface area (Å²) >= 11 is 1.41. The fourth-order valence-corrected chi connectivity index (χ4v) is 3.39. The lowest BCUT2D eigenvalue weighted by molar-refractivity contribution is -0.116. The first-order valence-electron chi connectivity index (χ1n) is 8.43. The molecule has 0 unspecified atom stereocenters. The van der Waals surface area contributed by atoms with Crippen LogP contribution in [0.4, 0.5) is 5.13 Å². The number of rotatable bonds is 6. The number of aromatic nitrogens is 3. The molecular weight excluding hydrogens is 340 g/mol. The third kappa shape index (κ3) is 4.64. The minimum Gasteiger partial charge on any atom is -0.357 e. The first-order valence-corrected chi connectivity index (χ1v) is 9.24. The molecular formula is C16H22N6O2S. The highest BCUT2D eigenvalue weighted by molar-refractivity contribution is 7.15. The Morgan fingerprint density at radius 1 is 1.28 bits per heavy atom. The molecule has 2 aromatic heterocycles. The van der Waals surface area contributed by atoms with Gasteiger partial charge in [-0.15, -0.1) is 10.2 Å². The van der Waals surface area contributed by atoms with Gasteiger partial charge < -0.3 is 15.2 Å². The predicted molar refractivity (Wildman–Crippen MR) is 95.7 cm³/mol. The molecule has 25 heavy (non-hydrogen) atoms. The van der Waals surface area contributed by atoms with Crippen molar-refractivity contribution in [3.05, 3.63) is 29.0 Å². The Morgan fingerprint density at radius 3 is 2.72 bits per heavy atom. The van der Waals surface area contributed by atoms with Crippen LogP contribution in [0.5, 0.6) is 0 Å². The van der Waals surface area contributed by atoms with Gasteiger partial charge in [-0.05, 0) is 18.6 Å². The first kappa shape index (κ1) is 17.6. The molecule has 3 heterocycles. The molecule has 1 aliphatic heterocycles. The number of H-pyrrole nitrogens is 1. The number of carbonyl (C=O) groups excluding carboxylic acids is 2. The van der Waals surface area contributed by atoms with Gasteiger partial charge in [0.2, 0.25) is 11.0 Å². The third-order valence-electron chi connectivity index (χ3n) is 4.16. The number of hydrogen-bond donors (Lipinski definition) is 2. The minimum absolute atomic E-state index is 0.0328. The van der Waals surface area contributed by atoms with Crippen molar-refractivity contribution in [3.63, 3.8) is 0 Å². The SMILES string of the molecule is CCc1nnc(NC(=O)CCN2CCN(C(=O)c3ccc[nH]3)CC2)s1. The van der Waals surface area contributed by atoms with E-state index in [0.717, 1.165) is 24.5 Å². The second kappa shape index (κ2) is 8.21. The zero-order valence-electron chi connectivity index (χ0n) is 14.2. The fourth-order valence-electron chi connectivity index (χ4n) is 2.70. The number of hydrogen-bond acceptors (Lipinski definition) is 6. The Hall–Kier alpha value is -2.26. The Balaban J connectivity index is 1.39. The summed E-state index contributed by atoms with van der Waals surface area (Å²) in [6.45, 7) is 5.59. The van der Waals surface area contributed by atoms with Crippen molar-refractivity contribution in [1.29, 1.82) is 0 Å². The van der Waals surface area contributed by atoms with E-state index in [1.807, 2.05) is 17.9 Å². The van der Waals surface area contributed by atoms with Gasteiger partial charge in [-0.2, -0.15) is 0 Å². The number of nitrogens with one attached hydrogen (secondary N) is 2. The number of nitrogens with zero attached hydrogens (tertiary/aromatic N) is 4. The molecule has 2 N–H and O–H groups in total. The van der Waals surface area contributed by atoms with E-state index in [4.69, 9.17) is 0 Å². The van der Waals surface area contributed by atoms with E-state index < -0.39 is 0 Å². The van der Waals surface area contributed by atoms with Gasteiger partial charge in [0.15, 0.2) is 0 Å². The average Bonchev–Trinajstić information content (AvgIpc) is 3.31. The summed E-state index contributed by atoms with van der Waals surface area (Å²) in [7, 11) is 0. The molecule has 0 aliphatic carbocycles. The van der Waals surface area contributed by atoms with Crippen LogP contribution < -0.4 is 5.32 Å². The van der Waals surface area contributed by atoms with Crippen LogP contribution in [0.25, 0.3) is 0 Å². The molecule has 0 bridgehead atoms. The number of amides is 2. The number of aryl methyl sites for hydroxylation is 1. The topological polar surface area (TPSA) is 94.2 Å². The summed E-state index contributed by atoms with van der Waals surface area (Å²) in [6, 6.07) is 3.61. The summed E-state index contributed by atoms with van der Waals surface area (Å²) in [6.07, 6.45) is 2.98. The number of anilines is 1. The summed E-state index contributed by atoms with van der Waals surface area (Å²) in [4.78, 5) is 31.3. The lowest BCUT2D eigenvalue weighted by Gasteiger charge is -2.34. The average molecular weight is 362 g/mol. The zero-order chi connectivity index (χ0) is 17.6. The van der Waals surface area contributed by atoms with E-state index in [1.165, 1.54) is 11.3 Å². The number of aromatic amines is 1. The molecule has 134 valence electrons. The van der Waals surface area contributed by atoms with Gasteiger partial charge in [0.05, 0.1) is 0 Å². The van der Waals surface area contributed by atoms with Gasteiger partial charge >= 0.3 is 0 Å². The lowest BCUT2D eigenvalue weighted by atomic mass is 10.2. The molecule has 3 rings (SSSR count).